The van der Waals surface area contributed by atoms with Crippen LogP contribution in [0.3, 0.4) is 0 Å². The predicted octanol–water partition coefficient (Wildman–Crippen LogP) is 7.86. The van der Waals surface area contributed by atoms with Gasteiger partial charge in [-0.15, -0.1) is 0 Å². The summed E-state index contributed by atoms with van der Waals surface area (Å²) in [5.41, 5.74) is 7.06. The number of hydrogen-bond acceptors (Lipinski definition) is 2. The van der Waals surface area contributed by atoms with Crippen molar-refractivity contribution in [3.05, 3.63) is 116 Å². The molecule has 0 saturated heterocycles. The van der Waals surface area contributed by atoms with E-state index >= 15 is 0 Å². The standard InChI is InChI=1S/C26H14Br2OS/c27-17-11-7-15(8-12-17)19-3-1-5-21-23(19)26(30)24-20(4-2-6-22(24)25(21)29)16-9-13-18(28)14-10-16/h1-14H. The molecule has 0 aliphatic heterocycles. The minimum atomic E-state index is 0.0199. The second kappa shape index (κ2) is 7.69. The summed E-state index contributed by atoms with van der Waals surface area (Å²) in [6.45, 7) is 0. The number of rotatable bonds is 2. The summed E-state index contributed by atoms with van der Waals surface area (Å²) < 4.78 is 2.02. The minimum absolute atomic E-state index is 0.0199. The fraction of sp³-hybridized carbons (Fsp3) is 0. The van der Waals surface area contributed by atoms with E-state index in [1.54, 1.807) is 0 Å². The molecule has 0 amide bonds. The molecular weight excluding hydrogens is 520 g/mol. The Balaban J connectivity index is 1.75. The molecule has 1 aliphatic carbocycles. The van der Waals surface area contributed by atoms with Gasteiger partial charge in [0.1, 0.15) is 0 Å². The fourth-order valence-corrected chi connectivity index (χ4v) is 4.95. The van der Waals surface area contributed by atoms with Crippen LogP contribution in [-0.2, 0) is 0 Å². The summed E-state index contributed by atoms with van der Waals surface area (Å²) in [7, 11) is 0. The Bertz CT molecular complexity index is 1220. The first-order valence-electron chi connectivity index (χ1n) is 9.42. The number of thiocarbonyl (C=S) groups is 1. The van der Waals surface area contributed by atoms with Crippen molar-refractivity contribution >= 4 is 54.7 Å². The molecule has 1 aliphatic rings. The van der Waals surface area contributed by atoms with Gasteiger partial charge in [-0.2, -0.15) is 0 Å². The zero-order valence-corrected chi connectivity index (χ0v) is 19.6. The van der Waals surface area contributed by atoms with Crippen LogP contribution in [0.15, 0.2) is 93.9 Å². The number of fused-ring (bicyclic) bond motifs is 2. The maximum atomic E-state index is 13.5. The molecule has 0 radical (unpaired) electrons. The third-order valence-electron chi connectivity index (χ3n) is 5.38. The molecule has 0 bridgehead atoms. The third-order valence-corrected chi connectivity index (χ3v) is 6.85. The predicted molar refractivity (Wildman–Crippen MR) is 133 cm³/mol. The lowest BCUT2D eigenvalue weighted by atomic mass is 9.78. The molecule has 1 nitrogen and oxygen atoms in total. The summed E-state index contributed by atoms with van der Waals surface area (Å²) in [5, 5.41) is 0. The second-order valence-electron chi connectivity index (χ2n) is 7.13. The molecule has 4 aromatic carbocycles. The summed E-state index contributed by atoms with van der Waals surface area (Å²) >= 11 is 13.0. The van der Waals surface area contributed by atoms with E-state index in [-0.39, 0.29) is 5.78 Å². The van der Waals surface area contributed by atoms with Crippen LogP contribution in [0, 0.1) is 0 Å². The maximum Gasteiger partial charge on any atom is 0.194 e. The summed E-state index contributed by atoms with van der Waals surface area (Å²) in [6.07, 6.45) is 0. The molecule has 0 heterocycles. The zero-order chi connectivity index (χ0) is 20.8. The van der Waals surface area contributed by atoms with Gasteiger partial charge in [0.25, 0.3) is 0 Å². The van der Waals surface area contributed by atoms with E-state index in [0.717, 1.165) is 47.2 Å². The Hall–Kier alpha value is -2.40. The molecule has 4 aromatic rings. The Morgan fingerprint density at radius 2 is 0.900 bits per heavy atom. The zero-order valence-electron chi connectivity index (χ0n) is 15.7. The molecule has 0 N–H and O–H groups in total. The Morgan fingerprint density at radius 1 is 0.533 bits per heavy atom. The van der Waals surface area contributed by atoms with E-state index < -0.39 is 0 Å². The topological polar surface area (TPSA) is 17.1 Å². The van der Waals surface area contributed by atoms with Gasteiger partial charge in [-0.25, -0.2) is 0 Å². The molecule has 0 atom stereocenters. The highest BCUT2D eigenvalue weighted by atomic mass is 79.9. The number of benzene rings is 4. The highest BCUT2D eigenvalue weighted by molar-refractivity contribution is 9.10. The Morgan fingerprint density at radius 3 is 1.30 bits per heavy atom. The molecule has 4 heteroatoms. The van der Waals surface area contributed by atoms with Crippen LogP contribution in [0.1, 0.15) is 27.0 Å². The maximum absolute atomic E-state index is 13.5. The van der Waals surface area contributed by atoms with Gasteiger partial charge in [0.05, 0.1) is 4.86 Å². The molecule has 0 saturated carbocycles. The normalized spacial score (nSPS) is 12.5. The monoisotopic (exact) mass is 532 g/mol. The van der Waals surface area contributed by atoms with E-state index in [1.165, 1.54) is 0 Å². The molecule has 144 valence electrons. The van der Waals surface area contributed by atoms with Gasteiger partial charge in [0.2, 0.25) is 0 Å². The molecule has 0 unspecified atom stereocenters. The van der Waals surface area contributed by atoms with E-state index in [1.807, 2.05) is 84.9 Å². The average molecular weight is 534 g/mol. The van der Waals surface area contributed by atoms with Gasteiger partial charge in [-0.05, 0) is 46.5 Å². The molecule has 0 aromatic heterocycles. The van der Waals surface area contributed by atoms with E-state index in [4.69, 9.17) is 12.2 Å². The molecule has 5 rings (SSSR count). The molecule has 0 spiro atoms. The van der Waals surface area contributed by atoms with Gasteiger partial charge >= 0.3 is 0 Å². The van der Waals surface area contributed by atoms with E-state index in [9.17, 15) is 4.79 Å². The van der Waals surface area contributed by atoms with Crippen molar-refractivity contribution in [3.63, 3.8) is 0 Å². The van der Waals surface area contributed by atoms with Crippen LogP contribution in [0.25, 0.3) is 22.3 Å². The number of carbonyl (C=O) groups excluding carboxylic acids is 1. The third kappa shape index (κ3) is 3.20. The molecular formula is C26H14Br2OS. The van der Waals surface area contributed by atoms with Crippen molar-refractivity contribution in [3.8, 4) is 22.3 Å². The fourth-order valence-electron chi connectivity index (χ4n) is 3.98. The van der Waals surface area contributed by atoms with Crippen LogP contribution < -0.4 is 0 Å². The van der Waals surface area contributed by atoms with Crippen molar-refractivity contribution in [2.24, 2.45) is 0 Å². The van der Waals surface area contributed by atoms with E-state index in [2.05, 4.69) is 31.9 Å². The van der Waals surface area contributed by atoms with Gasteiger partial charge in [0.15, 0.2) is 5.78 Å². The first-order valence-corrected chi connectivity index (χ1v) is 11.4. The number of halogens is 2. The number of ketones is 1. The first kappa shape index (κ1) is 19.6. The van der Waals surface area contributed by atoms with Crippen molar-refractivity contribution in [2.75, 3.05) is 0 Å². The first-order chi connectivity index (χ1) is 14.5. The van der Waals surface area contributed by atoms with Gasteiger partial charge in [-0.1, -0.05) is 105 Å². The smallest absolute Gasteiger partial charge is 0.194 e. The van der Waals surface area contributed by atoms with Crippen molar-refractivity contribution in [2.45, 2.75) is 0 Å². The second-order valence-corrected chi connectivity index (χ2v) is 9.37. The largest absolute Gasteiger partial charge is 0.289 e. The van der Waals surface area contributed by atoms with Crippen LogP contribution >= 0.6 is 44.1 Å². The minimum Gasteiger partial charge on any atom is -0.289 e. The van der Waals surface area contributed by atoms with Crippen LogP contribution in [0.4, 0.5) is 0 Å². The lowest BCUT2D eigenvalue weighted by Gasteiger charge is -2.25. The SMILES string of the molecule is O=C1c2cccc(-c3ccc(Br)cc3)c2C(=S)c2c1cccc2-c1ccc(Br)cc1. The van der Waals surface area contributed by atoms with Crippen molar-refractivity contribution < 1.29 is 4.79 Å². The lowest BCUT2D eigenvalue weighted by Crippen LogP contribution is -2.22. The Kier molecular flexibility index (Phi) is 5.02. The Labute approximate surface area is 197 Å². The summed E-state index contributed by atoms with van der Waals surface area (Å²) in [6, 6.07) is 27.9. The van der Waals surface area contributed by atoms with Crippen LogP contribution in [0.5, 0.6) is 0 Å². The van der Waals surface area contributed by atoms with Crippen LogP contribution in [-0.4, -0.2) is 10.6 Å². The number of carbonyl (C=O) groups is 1. The average Bonchev–Trinajstić information content (AvgIpc) is 2.77. The van der Waals surface area contributed by atoms with Crippen molar-refractivity contribution in [1.82, 2.24) is 0 Å². The molecule has 0 fully saturated rings. The van der Waals surface area contributed by atoms with E-state index in [0.29, 0.717) is 11.1 Å². The highest BCUT2D eigenvalue weighted by Gasteiger charge is 2.31. The summed E-state index contributed by atoms with van der Waals surface area (Å²) in [5.74, 6) is 0.0199. The number of hydrogen-bond donors (Lipinski definition) is 0. The quantitative estimate of drug-likeness (QED) is 0.215. The highest BCUT2D eigenvalue weighted by Crippen LogP contribution is 2.39. The van der Waals surface area contributed by atoms with Crippen LogP contribution in [0.2, 0.25) is 0 Å². The van der Waals surface area contributed by atoms with Gasteiger partial charge in [0, 0.05) is 31.2 Å². The van der Waals surface area contributed by atoms with Gasteiger partial charge < -0.3 is 0 Å². The summed E-state index contributed by atoms with van der Waals surface area (Å²) in [4.78, 5) is 14.2. The van der Waals surface area contributed by atoms with Gasteiger partial charge in [-0.3, -0.25) is 4.79 Å². The van der Waals surface area contributed by atoms with Crippen molar-refractivity contribution in [1.29, 1.82) is 0 Å². The molecule has 30 heavy (non-hydrogen) atoms. The lowest BCUT2D eigenvalue weighted by molar-refractivity contribution is 0.103.